The van der Waals surface area contributed by atoms with E-state index in [9.17, 15) is 8.42 Å². The average Bonchev–Trinajstić information content (AvgIpc) is 3.18. The lowest BCUT2D eigenvalue weighted by molar-refractivity contribution is 0.580. The van der Waals surface area contributed by atoms with Crippen molar-refractivity contribution in [1.82, 2.24) is 29.9 Å². The molecule has 0 saturated heterocycles. The van der Waals surface area contributed by atoms with Crippen molar-refractivity contribution in [2.75, 3.05) is 0 Å². The van der Waals surface area contributed by atoms with Crippen molar-refractivity contribution >= 4 is 21.4 Å². The Morgan fingerprint density at radius 3 is 2.90 bits per heavy atom. The number of thiazole rings is 1. The molecule has 0 spiro atoms. The molecule has 0 fully saturated rings. The molecule has 2 N–H and O–H groups in total. The van der Waals surface area contributed by atoms with Gasteiger partial charge in [-0.1, -0.05) is 0 Å². The Labute approximate surface area is 124 Å². The second-order valence-corrected chi connectivity index (χ2v) is 6.62. The van der Waals surface area contributed by atoms with E-state index < -0.39 is 10.0 Å². The van der Waals surface area contributed by atoms with E-state index in [-0.39, 0.29) is 11.4 Å². The predicted octanol–water partition coefficient (Wildman–Crippen LogP) is 0.802. The summed E-state index contributed by atoms with van der Waals surface area (Å²) in [6.45, 7) is 0.101. The summed E-state index contributed by atoms with van der Waals surface area (Å²) in [5.74, 6) is 0. The Kier molecular flexibility index (Phi) is 3.73. The van der Waals surface area contributed by atoms with E-state index in [2.05, 4.69) is 29.9 Å². The first-order valence-electron chi connectivity index (χ1n) is 5.84. The third-order valence-corrected chi connectivity index (χ3v) is 4.84. The van der Waals surface area contributed by atoms with E-state index in [4.69, 9.17) is 0 Å². The Morgan fingerprint density at radius 1 is 1.29 bits per heavy atom. The first-order chi connectivity index (χ1) is 10.1. The fourth-order valence-corrected chi connectivity index (χ4v) is 3.24. The van der Waals surface area contributed by atoms with Gasteiger partial charge < -0.3 is 0 Å². The first-order valence-corrected chi connectivity index (χ1v) is 8.21. The zero-order valence-electron chi connectivity index (χ0n) is 10.6. The summed E-state index contributed by atoms with van der Waals surface area (Å²) in [4.78, 5) is 12.5. The number of nitrogens with zero attached hydrogens (tertiary/aromatic N) is 4. The van der Waals surface area contributed by atoms with Crippen LogP contribution in [0.5, 0.6) is 0 Å². The number of hydrogen-bond acceptors (Lipinski definition) is 7. The summed E-state index contributed by atoms with van der Waals surface area (Å²) in [6, 6.07) is 0. The normalized spacial score (nSPS) is 11.6. The van der Waals surface area contributed by atoms with Gasteiger partial charge >= 0.3 is 0 Å². The smallest absolute Gasteiger partial charge is 0.244 e. The minimum absolute atomic E-state index is 0.0897. The number of rotatable bonds is 5. The number of aromatic nitrogens is 5. The number of sulfonamides is 1. The maximum Gasteiger partial charge on any atom is 0.244 e. The van der Waals surface area contributed by atoms with Gasteiger partial charge in [0.25, 0.3) is 0 Å². The third-order valence-electron chi connectivity index (χ3n) is 2.56. The van der Waals surface area contributed by atoms with Crippen molar-refractivity contribution in [3.05, 3.63) is 42.1 Å². The van der Waals surface area contributed by atoms with Crippen molar-refractivity contribution in [3.8, 4) is 10.7 Å². The number of H-pyrrole nitrogens is 1. The van der Waals surface area contributed by atoms with Crippen molar-refractivity contribution in [2.45, 2.75) is 11.4 Å². The van der Waals surface area contributed by atoms with Crippen molar-refractivity contribution in [2.24, 2.45) is 0 Å². The summed E-state index contributed by atoms with van der Waals surface area (Å²) < 4.78 is 26.3. The van der Waals surface area contributed by atoms with Gasteiger partial charge in [0.1, 0.15) is 15.6 Å². The molecule has 21 heavy (non-hydrogen) atoms. The van der Waals surface area contributed by atoms with Crippen molar-refractivity contribution in [3.63, 3.8) is 0 Å². The summed E-state index contributed by atoms with van der Waals surface area (Å²) in [6.07, 6.45) is 7.33. The Balaban J connectivity index is 1.71. The molecule has 8 nitrogen and oxygen atoms in total. The summed E-state index contributed by atoms with van der Waals surface area (Å²) in [7, 11) is -3.58. The van der Waals surface area contributed by atoms with E-state index >= 15 is 0 Å². The summed E-state index contributed by atoms with van der Waals surface area (Å²) in [5, 5.41) is 8.55. The van der Waals surface area contributed by atoms with Gasteiger partial charge in [0.15, 0.2) is 0 Å². The summed E-state index contributed by atoms with van der Waals surface area (Å²) >= 11 is 1.38. The van der Waals surface area contributed by atoms with Crippen LogP contribution in [0.2, 0.25) is 0 Å². The van der Waals surface area contributed by atoms with E-state index in [1.807, 2.05) is 0 Å². The van der Waals surface area contributed by atoms with Gasteiger partial charge in [-0.15, -0.1) is 11.3 Å². The highest BCUT2D eigenvalue weighted by Crippen LogP contribution is 2.20. The lowest BCUT2D eigenvalue weighted by Gasteiger charge is -2.01. The van der Waals surface area contributed by atoms with Crippen LogP contribution in [0.25, 0.3) is 10.7 Å². The number of nitrogens with one attached hydrogen (secondary N) is 2. The average molecular weight is 322 g/mol. The molecule has 0 atom stereocenters. The van der Waals surface area contributed by atoms with E-state index in [0.29, 0.717) is 16.4 Å². The molecule has 3 heterocycles. The lowest BCUT2D eigenvalue weighted by Crippen LogP contribution is -2.23. The second kappa shape index (κ2) is 5.68. The highest BCUT2D eigenvalue weighted by atomic mass is 32.2. The molecule has 3 aromatic rings. The fraction of sp³-hybridized carbons (Fsp3) is 0.0909. The molecule has 0 amide bonds. The molecule has 0 aromatic carbocycles. The van der Waals surface area contributed by atoms with Gasteiger partial charge in [-0.25, -0.2) is 18.1 Å². The third kappa shape index (κ3) is 3.12. The Hall–Kier alpha value is -2.17. The van der Waals surface area contributed by atoms with Gasteiger partial charge in [0, 0.05) is 24.0 Å². The van der Waals surface area contributed by atoms with Gasteiger partial charge in [0.05, 0.1) is 24.6 Å². The van der Waals surface area contributed by atoms with Gasteiger partial charge in [0.2, 0.25) is 10.0 Å². The minimum Gasteiger partial charge on any atom is -0.284 e. The molecular formula is C11H10N6O2S2. The molecule has 0 radical (unpaired) electrons. The Morgan fingerprint density at radius 2 is 2.19 bits per heavy atom. The highest BCUT2D eigenvalue weighted by molar-refractivity contribution is 7.89. The molecule has 0 aliphatic heterocycles. The molecule has 0 unspecified atom stereocenters. The van der Waals surface area contributed by atoms with Crippen LogP contribution >= 0.6 is 11.3 Å². The van der Waals surface area contributed by atoms with Crippen LogP contribution in [0.1, 0.15) is 5.69 Å². The molecule has 0 saturated carbocycles. The maximum atomic E-state index is 11.9. The van der Waals surface area contributed by atoms with Crippen LogP contribution < -0.4 is 4.72 Å². The Bertz CT molecular complexity index is 814. The second-order valence-electron chi connectivity index (χ2n) is 3.99. The van der Waals surface area contributed by atoms with Crippen LogP contribution in [0, 0.1) is 0 Å². The topological polar surface area (TPSA) is 114 Å². The zero-order chi connectivity index (χ0) is 14.7. The van der Waals surface area contributed by atoms with E-state index in [0.717, 1.165) is 0 Å². The van der Waals surface area contributed by atoms with Crippen LogP contribution in [-0.2, 0) is 16.6 Å². The SMILES string of the molecule is O=S(=O)(NCc1csc(-c2cnccn2)n1)c1cn[nH]c1. The number of aromatic amines is 1. The highest BCUT2D eigenvalue weighted by Gasteiger charge is 2.15. The summed E-state index contributed by atoms with van der Waals surface area (Å²) in [5.41, 5.74) is 1.28. The van der Waals surface area contributed by atoms with Crippen LogP contribution in [0.15, 0.2) is 41.3 Å². The molecule has 3 rings (SSSR count). The van der Waals surface area contributed by atoms with Gasteiger partial charge in [-0.05, 0) is 0 Å². The molecular weight excluding hydrogens is 312 g/mol. The van der Waals surface area contributed by atoms with E-state index in [1.165, 1.54) is 23.7 Å². The lowest BCUT2D eigenvalue weighted by atomic mass is 10.4. The van der Waals surface area contributed by atoms with Crippen LogP contribution in [0.4, 0.5) is 0 Å². The quantitative estimate of drug-likeness (QED) is 0.718. The minimum atomic E-state index is -3.58. The fourth-order valence-electron chi connectivity index (χ4n) is 1.55. The maximum absolute atomic E-state index is 11.9. The first kappa shape index (κ1) is 13.8. The molecule has 0 aliphatic rings. The molecule has 108 valence electrons. The van der Waals surface area contributed by atoms with Gasteiger partial charge in [-0.3, -0.25) is 15.1 Å². The molecule has 3 aromatic heterocycles. The predicted molar refractivity (Wildman–Crippen MR) is 75.8 cm³/mol. The van der Waals surface area contributed by atoms with E-state index in [1.54, 1.807) is 24.0 Å². The molecule has 0 bridgehead atoms. The number of hydrogen-bond donors (Lipinski definition) is 2. The zero-order valence-corrected chi connectivity index (χ0v) is 12.2. The van der Waals surface area contributed by atoms with Crippen molar-refractivity contribution in [1.29, 1.82) is 0 Å². The van der Waals surface area contributed by atoms with Crippen molar-refractivity contribution < 1.29 is 8.42 Å². The standard InChI is InChI=1S/C11H10N6O2S2/c18-21(19,9-4-14-15-5-9)16-3-8-7-20-11(17-8)10-6-12-1-2-13-10/h1-2,4-7,16H,3H2,(H,14,15). The van der Waals surface area contributed by atoms with Crippen LogP contribution in [0.3, 0.4) is 0 Å². The largest absolute Gasteiger partial charge is 0.284 e. The molecule has 0 aliphatic carbocycles. The van der Waals surface area contributed by atoms with Gasteiger partial charge in [-0.2, -0.15) is 5.10 Å². The monoisotopic (exact) mass is 322 g/mol. The molecule has 10 heteroatoms. The van der Waals surface area contributed by atoms with Crippen LogP contribution in [-0.4, -0.2) is 33.6 Å².